The molecule has 2 aromatic rings. The van der Waals surface area contributed by atoms with Gasteiger partial charge in [0.1, 0.15) is 22.6 Å². The summed E-state index contributed by atoms with van der Waals surface area (Å²) in [6, 6.07) is 3.53. The van der Waals surface area contributed by atoms with Gasteiger partial charge in [-0.05, 0) is 18.2 Å². The van der Waals surface area contributed by atoms with E-state index < -0.39 is 16.0 Å². The van der Waals surface area contributed by atoms with Crippen LogP contribution >= 0.6 is 0 Å². The molecule has 20 heavy (non-hydrogen) atoms. The van der Waals surface area contributed by atoms with Crippen LogP contribution in [0.1, 0.15) is 10.4 Å². The molecule has 0 radical (unpaired) electrons. The normalized spacial score (nSPS) is 11.1. The van der Waals surface area contributed by atoms with Gasteiger partial charge in [-0.2, -0.15) is 0 Å². The van der Waals surface area contributed by atoms with Gasteiger partial charge in [-0.1, -0.05) is 5.16 Å². The Kier molecular flexibility index (Phi) is 3.61. The number of methoxy groups -OCH3 is 1. The van der Waals surface area contributed by atoms with Crippen LogP contribution in [0.3, 0.4) is 0 Å². The predicted octanol–water partition coefficient (Wildman–Crippen LogP) is 1.18. The van der Waals surface area contributed by atoms with Crippen molar-refractivity contribution >= 4 is 21.7 Å². The van der Waals surface area contributed by atoms with Gasteiger partial charge >= 0.3 is 5.97 Å². The fourth-order valence-electron chi connectivity index (χ4n) is 1.49. The minimum Gasteiger partial charge on any atom is -0.495 e. The third-order valence-electron chi connectivity index (χ3n) is 2.38. The third-order valence-corrected chi connectivity index (χ3v) is 3.79. The summed E-state index contributed by atoms with van der Waals surface area (Å²) in [5.41, 5.74) is -0.0516. The SMILES string of the molecule is COc1ccc(C(=O)O)cc1S(=O)(=O)Nc1cnoc1. The molecule has 0 amide bonds. The summed E-state index contributed by atoms with van der Waals surface area (Å²) in [6.45, 7) is 0. The first kappa shape index (κ1) is 13.9. The summed E-state index contributed by atoms with van der Waals surface area (Å²) in [6.07, 6.45) is 2.27. The first-order valence-electron chi connectivity index (χ1n) is 5.27. The van der Waals surface area contributed by atoms with Gasteiger partial charge in [-0.15, -0.1) is 0 Å². The molecule has 0 aliphatic rings. The van der Waals surface area contributed by atoms with E-state index in [0.717, 1.165) is 12.3 Å². The zero-order valence-corrected chi connectivity index (χ0v) is 11.0. The standard InChI is InChI=1S/C11H10N2O6S/c1-18-9-3-2-7(11(14)15)4-10(9)20(16,17)13-8-5-12-19-6-8/h2-6,13H,1H3,(H,14,15). The topological polar surface area (TPSA) is 119 Å². The lowest BCUT2D eigenvalue weighted by Gasteiger charge is -2.10. The lowest BCUT2D eigenvalue weighted by molar-refractivity contribution is 0.0696. The first-order valence-corrected chi connectivity index (χ1v) is 6.76. The second-order valence-electron chi connectivity index (χ2n) is 3.69. The number of hydrogen-bond donors (Lipinski definition) is 2. The molecule has 0 unspecified atom stereocenters. The summed E-state index contributed by atoms with van der Waals surface area (Å²) in [5, 5.41) is 12.3. The van der Waals surface area contributed by atoms with E-state index in [2.05, 4.69) is 14.4 Å². The van der Waals surface area contributed by atoms with E-state index in [1.165, 1.54) is 25.4 Å². The van der Waals surface area contributed by atoms with Gasteiger partial charge in [0.2, 0.25) is 0 Å². The van der Waals surface area contributed by atoms with Crippen molar-refractivity contribution in [3.05, 3.63) is 36.2 Å². The Morgan fingerprint density at radius 2 is 2.20 bits per heavy atom. The number of aromatic carboxylic acids is 1. The molecule has 106 valence electrons. The number of anilines is 1. The molecule has 0 fully saturated rings. The van der Waals surface area contributed by atoms with E-state index in [1.807, 2.05) is 0 Å². The highest BCUT2D eigenvalue weighted by molar-refractivity contribution is 7.92. The number of aromatic nitrogens is 1. The van der Waals surface area contributed by atoms with Crippen molar-refractivity contribution in [2.75, 3.05) is 11.8 Å². The van der Waals surface area contributed by atoms with Gasteiger partial charge in [-0.3, -0.25) is 4.72 Å². The zero-order chi connectivity index (χ0) is 14.8. The van der Waals surface area contributed by atoms with Crippen LogP contribution in [0, 0.1) is 0 Å². The number of nitrogens with one attached hydrogen (secondary N) is 1. The van der Waals surface area contributed by atoms with Crippen LogP contribution in [0.4, 0.5) is 5.69 Å². The molecule has 2 N–H and O–H groups in total. The maximum absolute atomic E-state index is 12.2. The van der Waals surface area contributed by atoms with E-state index in [0.29, 0.717) is 0 Å². The van der Waals surface area contributed by atoms with Crippen molar-refractivity contribution in [2.24, 2.45) is 0 Å². The number of hydrogen-bond acceptors (Lipinski definition) is 6. The lowest BCUT2D eigenvalue weighted by atomic mass is 10.2. The fraction of sp³-hybridized carbons (Fsp3) is 0.0909. The van der Waals surface area contributed by atoms with Crippen molar-refractivity contribution in [1.82, 2.24) is 5.16 Å². The summed E-state index contributed by atoms with van der Waals surface area (Å²) in [5.74, 6) is -1.21. The number of rotatable bonds is 5. The minimum atomic E-state index is -4.02. The average Bonchev–Trinajstić information content (AvgIpc) is 2.90. The molecule has 9 heteroatoms. The lowest BCUT2D eigenvalue weighted by Crippen LogP contribution is -2.14. The summed E-state index contributed by atoms with van der Waals surface area (Å²) >= 11 is 0. The molecule has 0 atom stereocenters. The summed E-state index contributed by atoms with van der Waals surface area (Å²) in [7, 11) is -2.73. The quantitative estimate of drug-likeness (QED) is 0.850. The molecule has 1 aromatic carbocycles. The number of benzene rings is 1. The number of ether oxygens (including phenoxy) is 1. The van der Waals surface area contributed by atoms with Crippen molar-refractivity contribution in [3.63, 3.8) is 0 Å². The van der Waals surface area contributed by atoms with E-state index in [9.17, 15) is 13.2 Å². The average molecular weight is 298 g/mol. The monoisotopic (exact) mass is 298 g/mol. The molecule has 1 aromatic heterocycles. The van der Waals surface area contributed by atoms with Crippen LogP contribution in [0.2, 0.25) is 0 Å². The fourth-order valence-corrected chi connectivity index (χ4v) is 2.70. The largest absolute Gasteiger partial charge is 0.495 e. The molecule has 8 nitrogen and oxygen atoms in total. The van der Waals surface area contributed by atoms with E-state index in [1.54, 1.807) is 0 Å². The van der Waals surface area contributed by atoms with Gasteiger partial charge in [0.25, 0.3) is 10.0 Å². The number of carboxylic acid groups (broad SMARTS) is 1. The maximum Gasteiger partial charge on any atom is 0.335 e. The minimum absolute atomic E-state index is 0.0268. The second-order valence-corrected chi connectivity index (χ2v) is 5.34. The third kappa shape index (κ3) is 2.72. The highest BCUT2D eigenvalue weighted by atomic mass is 32.2. The summed E-state index contributed by atoms with van der Waals surface area (Å²) < 4.78 is 36.0. The Bertz CT molecular complexity index is 723. The Balaban J connectivity index is 2.48. The van der Waals surface area contributed by atoms with Crippen LogP contribution < -0.4 is 9.46 Å². The molecular weight excluding hydrogens is 288 g/mol. The maximum atomic E-state index is 12.2. The molecule has 0 saturated heterocycles. The molecule has 2 rings (SSSR count). The van der Waals surface area contributed by atoms with Gasteiger partial charge < -0.3 is 14.4 Å². The molecule has 1 heterocycles. The van der Waals surface area contributed by atoms with Crippen molar-refractivity contribution in [3.8, 4) is 5.75 Å². The highest BCUT2D eigenvalue weighted by Gasteiger charge is 2.22. The molecule has 0 aliphatic heterocycles. The van der Waals surface area contributed by atoms with E-state index in [-0.39, 0.29) is 21.9 Å². The number of sulfonamides is 1. The zero-order valence-electron chi connectivity index (χ0n) is 10.2. The number of carboxylic acids is 1. The highest BCUT2D eigenvalue weighted by Crippen LogP contribution is 2.26. The molecule has 0 bridgehead atoms. The van der Waals surface area contributed by atoms with Gasteiger partial charge in [0.05, 0.1) is 18.9 Å². The Hall–Kier alpha value is -2.55. The Labute approximate surface area is 114 Å². The van der Waals surface area contributed by atoms with Gasteiger partial charge in [-0.25, -0.2) is 13.2 Å². The van der Waals surface area contributed by atoms with Crippen LogP contribution in [0.5, 0.6) is 5.75 Å². The molecular formula is C11H10N2O6S. The van der Waals surface area contributed by atoms with E-state index >= 15 is 0 Å². The van der Waals surface area contributed by atoms with Crippen molar-refractivity contribution < 1.29 is 27.6 Å². The molecule has 0 spiro atoms. The van der Waals surface area contributed by atoms with Crippen LogP contribution in [-0.2, 0) is 10.0 Å². The van der Waals surface area contributed by atoms with Gasteiger partial charge in [0.15, 0.2) is 0 Å². The first-order chi connectivity index (χ1) is 9.44. The second kappa shape index (κ2) is 5.21. The molecule has 0 saturated carbocycles. The molecule has 0 aliphatic carbocycles. The van der Waals surface area contributed by atoms with Gasteiger partial charge in [0, 0.05) is 0 Å². The smallest absolute Gasteiger partial charge is 0.335 e. The van der Waals surface area contributed by atoms with Crippen molar-refractivity contribution in [1.29, 1.82) is 0 Å². The van der Waals surface area contributed by atoms with Crippen LogP contribution in [-0.4, -0.2) is 31.8 Å². The van der Waals surface area contributed by atoms with E-state index in [4.69, 9.17) is 9.84 Å². The van der Waals surface area contributed by atoms with Crippen LogP contribution in [0.25, 0.3) is 0 Å². The Morgan fingerprint density at radius 3 is 2.75 bits per heavy atom. The predicted molar refractivity (Wildman–Crippen MR) is 67.3 cm³/mol. The number of nitrogens with zero attached hydrogens (tertiary/aromatic N) is 1. The Morgan fingerprint density at radius 1 is 1.45 bits per heavy atom. The summed E-state index contributed by atoms with van der Waals surface area (Å²) in [4.78, 5) is 10.6. The van der Waals surface area contributed by atoms with Crippen LogP contribution in [0.15, 0.2) is 40.1 Å². The van der Waals surface area contributed by atoms with Crippen molar-refractivity contribution in [2.45, 2.75) is 4.90 Å². The number of carbonyl (C=O) groups is 1.